The third-order valence-corrected chi connectivity index (χ3v) is 9.21. The van der Waals surface area contributed by atoms with Crippen LogP contribution < -0.4 is 15.0 Å². The molecule has 2 aromatic carbocycles. The van der Waals surface area contributed by atoms with E-state index in [9.17, 15) is 4.79 Å². The zero-order valence-electron chi connectivity index (χ0n) is 26.8. The first-order valence-corrected chi connectivity index (χ1v) is 16.2. The highest BCUT2D eigenvalue weighted by Gasteiger charge is 2.46. The Morgan fingerprint density at radius 2 is 1.93 bits per heavy atom. The second-order valence-electron chi connectivity index (χ2n) is 13.4. The molecule has 8 heteroatoms. The van der Waals surface area contributed by atoms with Gasteiger partial charge in [0.05, 0.1) is 23.8 Å². The average Bonchev–Trinajstić information content (AvgIpc) is 3.26. The molecule has 0 unspecified atom stereocenters. The van der Waals surface area contributed by atoms with Crippen LogP contribution in [-0.4, -0.2) is 59.9 Å². The summed E-state index contributed by atoms with van der Waals surface area (Å²) in [6, 6.07) is 12.7. The van der Waals surface area contributed by atoms with Crippen LogP contribution in [0.5, 0.6) is 5.75 Å². The summed E-state index contributed by atoms with van der Waals surface area (Å²) in [5.41, 5.74) is 7.77. The molecule has 2 fully saturated rings. The number of ether oxygens (including phenoxy) is 3. The number of aromatic nitrogens is 2. The van der Waals surface area contributed by atoms with Gasteiger partial charge in [0.1, 0.15) is 18.0 Å². The molecule has 4 heterocycles. The lowest BCUT2D eigenvalue weighted by molar-refractivity contribution is -0.170. The number of esters is 1. The molecule has 3 aliphatic rings. The Hall–Kier alpha value is -3.49. The fourth-order valence-corrected chi connectivity index (χ4v) is 6.98. The van der Waals surface area contributed by atoms with Crippen molar-refractivity contribution in [3.63, 3.8) is 0 Å². The maximum Gasteiger partial charge on any atom is 0.312 e. The standard InChI is InChI=1S/C36H46N4O4/c1-23-8-6-9-28(32(23)43-22-26-12-11-25-13-17-37-18-14-27(25)24(26)2)30-15-19-38-35(39-30)40-20-16-29(34(41)44-36(3,4)5)33-31(40)10-7-21-42-33/h6,8-9,11-12,15,19,29,31,33,37H,7,10,13-14,16-18,20-22H2,1-5H3/t29-,31-,33+/m0/s1. The van der Waals surface area contributed by atoms with Crippen molar-refractivity contribution in [1.82, 2.24) is 15.3 Å². The molecule has 234 valence electrons. The van der Waals surface area contributed by atoms with E-state index in [1.54, 1.807) is 0 Å². The molecule has 1 N–H and O–H groups in total. The number of nitrogens with one attached hydrogen (secondary N) is 1. The Balaban J connectivity index is 1.24. The first-order valence-electron chi connectivity index (χ1n) is 16.2. The number of nitrogens with zero attached hydrogens (tertiary/aromatic N) is 3. The van der Waals surface area contributed by atoms with Crippen LogP contribution in [0, 0.1) is 19.8 Å². The molecule has 1 aromatic heterocycles. The maximum atomic E-state index is 13.1. The number of benzene rings is 2. The zero-order valence-corrected chi connectivity index (χ0v) is 26.8. The number of aryl methyl sites for hydroxylation is 1. The van der Waals surface area contributed by atoms with Crippen molar-refractivity contribution in [2.45, 2.75) is 91.1 Å². The lowest BCUT2D eigenvalue weighted by Crippen LogP contribution is -2.58. The van der Waals surface area contributed by atoms with Crippen LogP contribution in [-0.2, 0) is 33.7 Å². The largest absolute Gasteiger partial charge is 0.488 e. The molecule has 0 saturated carbocycles. The van der Waals surface area contributed by atoms with Crippen LogP contribution in [0.2, 0.25) is 0 Å². The molecular weight excluding hydrogens is 552 g/mol. The molecule has 3 aromatic rings. The van der Waals surface area contributed by atoms with Gasteiger partial charge >= 0.3 is 5.97 Å². The average molecular weight is 599 g/mol. The van der Waals surface area contributed by atoms with Gasteiger partial charge in [0.25, 0.3) is 0 Å². The van der Waals surface area contributed by atoms with Gasteiger partial charge in [0.2, 0.25) is 5.95 Å². The molecule has 44 heavy (non-hydrogen) atoms. The molecule has 0 aliphatic carbocycles. The van der Waals surface area contributed by atoms with E-state index in [1.165, 1.54) is 22.3 Å². The second kappa shape index (κ2) is 12.9. The molecular formula is C36H46N4O4. The van der Waals surface area contributed by atoms with Gasteiger partial charge in [-0.15, -0.1) is 0 Å². The van der Waals surface area contributed by atoms with E-state index in [0.29, 0.717) is 32.1 Å². The van der Waals surface area contributed by atoms with Gasteiger partial charge in [-0.1, -0.05) is 24.3 Å². The number of carbonyl (C=O) groups is 1. The van der Waals surface area contributed by atoms with Gasteiger partial charge in [-0.3, -0.25) is 4.79 Å². The van der Waals surface area contributed by atoms with Crippen LogP contribution in [0.4, 0.5) is 5.95 Å². The minimum absolute atomic E-state index is 0.0184. The van der Waals surface area contributed by atoms with Crippen molar-refractivity contribution in [2.24, 2.45) is 5.92 Å². The molecule has 8 nitrogen and oxygen atoms in total. The van der Waals surface area contributed by atoms with Gasteiger partial charge in [-0.05, 0) is 120 Å². The lowest BCUT2D eigenvalue weighted by atomic mass is 9.84. The number of hydrogen-bond donors (Lipinski definition) is 1. The third-order valence-electron chi connectivity index (χ3n) is 9.21. The zero-order chi connectivity index (χ0) is 30.8. The Labute approximate surface area is 261 Å². The number of piperidine rings is 1. The Morgan fingerprint density at radius 1 is 1.09 bits per heavy atom. The van der Waals surface area contributed by atoms with Crippen molar-refractivity contribution in [3.8, 4) is 17.0 Å². The molecule has 3 atom stereocenters. The molecule has 0 spiro atoms. The van der Waals surface area contributed by atoms with Crippen LogP contribution in [0.25, 0.3) is 11.3 Å². The molecule has 2 saturated heterocycles. The normalized spacial score (nSPS) is 22.0. The smallest absolute Gasteiger partial charge is 0.312 e. The number of hydrogen-bond acceptors (Lipinski definition) is 8. The predicted molar refractivity (Wildman–Crippen MR) is 172 cm³/mol. The van der Waals surface area contributed by atoms with Crippen molar-refractivity contribution in [3.05, 3.63) is 70.4 Å². The van der Waals surface area contributed by atoms with Gasteiger partial charge in [-0.2, -0.15) is 0 Å². The summed E-state index contributed by atoms with van der Waals surface area (Å²) in [7, 11) is 0. The Morgan fingerprint density at radius 3 is 2.77 bits per heavy atom. The SMILES string of the molecule is Cc1cccc(-c2ccnc(N3CC[C@H](C(=O)OC(C)(C)C)[C@H]4OCCC[C@@H]43)n2)c1OCc1ccc2c(c1C)CCNCC2. The van der Waals surface area contributed by atoms with Crippen LogP contribution >= 0.6 is 0 Å². The van der Waals surface area contributed by atoms with Crippen molar-refractivity contribution < 1.29 is 19.0 Å². The number of rotatable bonds is 6. The number of carbonyl (C=O) groups excluding carboxylic acids is 1. The van der Waals surface area contributed by atoms with Gasteiger partial charge < -0.3 is 24.4 Å². The summed E-state index contributed by atoms with van der Waals surface area (Å²) in [5, 5.41) is 3.52. The first-order chi connectivity index (χ1) is 21.2. The quantitative estimate of drug-likeness (QED) is 0.360. The summed E-state index contributed by atoms with van der Waals surface area (Å²) in [5.74, 6) is 1.04. The molecule has 0 bridgehead atoms. The molecule has 3 aliphatic heterocycles. The number of anilines is 1. The highest BCUT2D eigenvalue weighted by Crippen LogP contribution is 2.37. The minimum Gasteiger partial charge on any atom is -0.488 e. The summed E-state index contributed by atoms with van der Waals surface area (Å²) in [6.45, 7) is 13.9. The second-order valence-corrected chi connectivity index (χ2v) is 13.4. The third kappa shape index (κ3) is 6.47. The molecule has 0 amide bonds. The van der Waals surface area contributed by atoms with Crippen LogP contribution in [0.3, 0.4) is 0 Å². The van der Waals surface area contributed by atoms with E-state index in [4.69, 9.17) is 24.2 Å². The predicted octanol–water partition coefficient (Wildman–Crippen LogP) is 5.74. The topological polar surface area (TPSA) is 85.8 Å². The van der Waals surface area contributed by atoms with E-state index in [2.05, 4.69) is 54.4 Å². The maximum absolute atomic E-state index is 13.1. The molecule has 6 rings (SSSR count). The van der Waals surface area contributed by atoms with E-state index in [1.807, 2.05) is 33.0 Å². The lowest BCUT2D eigenvalue weighted by Gasteiger charge is -2.47. The number of fused-ring (bicyclic) bond motifs is 2. The Bertz CT molecular complexity index is 1500. The highest BCUT2D eigenvalue weighted by atomic mass is 16.6. The van der Waals surface area contributed by atoms with Gasteiger partial charge in [0.15, 0.2) is 0 Å². The molecule has 0 radical (unpaired) electrons. The number of para-hydroxylation sites is 1. The van der Waals surface area contributed by atoms with E-state index >= 15 is 0 Å². The van der Waals surface area contributed by atoms with Crippen LogP contribution in [0.1, 0.15) is 67.9 Å². The summed E-state index contributed by atoms with van der Waals surface area (Å²) in [4.78, 5) is 25.2. The summed E-state index contributed by atoms with van der Waals surface area (Å²) >= 11 is 0. The summed E-state index contributed by atoms with van der Waals surface area (Å²) < 4.78 is 18.6. The van der Waals surface area contributed by atoms with Crippen molar-refractivity contribution >= 4 is 11.9 Å². The minimum atomic E-state index is -0.529. The van der Waals surface area contributed by atoms with Gasteiger partial charge in [0, 0.05) is 24.9 Å². The van der Waals surface area contributed by atoms with Gasteiger partial charge in [-0.25, -0.2) is 9.97 Å². The fourth-order valence-electron chi connectivity index (χ4n) is 6.98. The van der Waals surface area contributed by atoms with Crippen molar-refractivity contribution in [2.75, 3.05) is 31.1 Å². The first kappa shape index (κ1) is 30.5. The van der Waals surface area contributed by atoms with E-state index in [-0.39, 0.29) is 24.0 Å². The summed E-state index contributed by atoms with van der Waals surface area (Å²) in [6.07, 6.45) is 6.21. The van der Waals surface area contributed by atoms with E-state index in [0.717, 1.165) is 61.3 Å². The van der Waals surface area contributed by atoms with Crippen molar-refractivity contribution in [1.29, 1.82) is 0 Å². The van der Waals surface area contributed by atoms with Crippen LogP contribution in [0.15, 0.2) is 42.6 Å². The fraction of sp³-hybridized carbons (Fsp3) is 0.528. The monoisotopic (exact) mass is 598 g/mol. The Kier molecular flexibility index (Phi) is 8.92. The van der Waals surface area contributed by atoms with E-state index < -0.39 is 5.60 Å². The highest BCUT2D eigenvalue weighted by molar-refractivity contribution is 5.74.